The molecule has 13 heavy (non-hydrogen) atoms. The van der Waals surface area contributed by atoms with Crippen LogP contribution in [0.5, 0.6) is 0 Å². The van der Waals surface area contributed by atoms with Gasteiger partial charge in [0.1, 0.15) is 0 Å². The van der Waals surface area contributed by atoms with Crippen molar-refractivity contribution in [2.75, 3.05) is 0 Å². The van der Waals surface area contributed by atoms with Crippen molar-refractivity contribution in [2.45, 2.75) is 0 Å². The van der Waals surface area contributed by atoms with E-state index in [0.29, 0.717) is 5.52 Å². The highest BCUT2D eigenvalue weighted by atomic mass is 127. The first kappa shape index (κ1) is 8.93. The minimum Gasteiger partial charge on any atom is -0.349 e. The van der Waals surface area contributed by atoms with Crippen molar-refractivity contribution < 1.29 is 8.78 Å². The fraction of sp³-hybridized carbons (Fsp3) is 0.111. The lowest BCUT2D eigenvalue weighted by molar-refractivity contribution is 0.510. The van der Waals surface area contributed by atoms with Crippen molar-refractivity contribution in [3.05, 3.63) is 33.5 Å². The molecular formula is C9H6F2IN. The molecule has 2 aromatic rings. The molecule has 0 aliphatic rings. The molecule has 0 atom stereocenters. The van der Waals surface area contributed by atoms with Crippen LogP contribution >= 0.6 is 22.6 Å². The molecule has 1 nitrogen and oxygen atoms in total. The monoisotopic (exact) mass is 293 g/mol. The molecule has 0 fully saturated rings. The van der Waals surface area contributed by atoms with E-state index in [1.54, 1.807) is 4.57 Å². The van der Waals surface area contributed by atoms with Crippen LogP contribution in [0.4, 0.5) is 8.78 Å². The molecular weight excluding hydrogens is 287 g/mol. The number of aryl methyl sites for hydroxylation is 1. The molecule has 1 heterocycles. The summed E-state index contributed by atoms with van der Waals surface area (Å²) >= 11 is 2.10. The Morgan fingerprint density at radius 2 is 1.85 bits per heavy atom. The second-order valence-corrected chi connectivity index (χ2v) is 4.03. The molecule has 0 aliphatic heterocycles. The van der Waals surface area contributed by atoms with E-state index in [0.717, 1.165) is 8.96 Å². The van der Waals surface area contributed by atoms with Gasteiger partial charge in [0.05, 0.1) is 5.52 Å². The maximum Gasteiger partial charge on any atom is 0.160 e. The Labute approximate surface area is 87.5 Å². The zero-order valence-corrected chi connectivity index (χ0v) is 8.97. The summed E-state index contributed by atoms with van der Waals surface area (Å²) in [4.78, 5) is 0. The molecule has 1 aromatic heterocycles. The lowest BCUT2D eigenvalue weighted by Crippen LogP contribution is -1.87. The van der Waals surface area contributed by atoms with Crippen LogP contribution in [0.15, 0.2) is 18.3 Å². The maximum absolute atomic E-state index is 12.9. The number of aromatic nitrogens is 1. The third-order valence-corrected chi connectivity index (χ3v) is 2.84. The number of halogens is 3. The summed E-state index contributed by atoms with van der Waals surface area (Å²) in [6.07, 6.45) is 1.84. The van der Waals surface area contributed by atoms with E-state index in [4.69, 9.17) is 0 Å². The van der Waals surface area contributed by atoms with E-state index in [2.05, 4.69) is 22.6 Å². The highest BCUT2D eigenvalue weighted by molar-refractivity contribution is 14.1. The van der Waals surface area contributed by atoms with E-state index in [-0.39, 0.29) is 0 Å². The van der Waals surface area contributed by atoms with Gasteiger partial charge in [-0.25, -0.2) is 8.78 Å². The van der Waals surface area contributed by atoms with Gasteiger partial charge in [-0.2, -0.15) is 0 Å². The third-order valence-electron chi connectivity index (χ3n) is 1.98. The van der Waals surface area contributed by atoms with Crippen LogP contribution in [0.3, 0.4) is 0 Å². The number of fused-ring (bicyclic) bond motifs is 1. The third kappa shape index (κ3) is 1.33. The van der Waals surface area contributed by atoms with Crippen molar-refractivity contribution >= 4 is 33.5 Å². The van der Waals surface area contributed by atoms with E-state index >= 15 is 0 Å². The molecule has 0 spiro atoms. The van der Waals surface area contributed by atoms with E-state index in [1.165, 1.54) is 12.1 Å². The second-order valence-electron chi connectivity index (χ2n) is 2.87. The van der Waals surface area contributed by atoms with Gasteiger partial charge in [0, 0.05) is 28.3 Å². The van der Waals surface area contributed by atoms with Crippen LogP contribution in [0.2, 0.25) is 0 Å². The van der Waals surface area contributed by atoms with Gasteiger partial charge in [-0.05, 0) is 28.7 Å². The van der Waals surface area contributed by atoms with Gasteiger partial charge in [-0.15, -0.1) is 0 Å². The Hall–Kier alpha value is -0.650. The second kappa shape index (κ2) is 2.94. The number of nitrogens with zero attached hydrogens (tertiary/aromatic N) is 1. The van der Waals surface area contributed by atoms with Gasteiger partial charge in [-0.3, -0.25) is 0 Å². The largest absolute Gasteiger partial charge is 0.349 e. The molecule has 0 bridgehead atoms. The maximum atomic E-state index is 12.9. The van der Waals surface area contributed by atoms with Gasteiger partial charge < -0.3 is 4.57 Å². The van der Waals surface area contributed by atoms with E-state index in [9.17, 15) is 8.78 Å². The fourth-order valence-electron chi connectivity index (χ4n) is 1.33. The van der Waals surface area contributed by atoms with Crippen molar-refractivity contribution in [1.82, 2.24) is 4.57 Å². The molecule has 0 saturated heterocycles. The van der Waals surface area contributed by atoms with Crippen molar-refractivity contribution in [2.24, 2.45) is 7.05 Å². The van der Waals surface area contributed by atoms with Crippen molar-refractivity contribution in [1.29, 1.82) is 0 Å². The Kier molecular flexibility index (Phi) is 2.02. The van der Waals surface area contributed by atoms with Crippen LogP contribution in [0.1, 0.15) is 0 Å². The SMILES string of the molecule is Cn1cc(I)c2cc(F)c(F)cc21. The average Bonchev–Trinajstić information content (AvgIpc) is 2.31. The predicted octanol–water partition coefficient (Wildman–Crippen LogP) is 3.06. The summed E-state index contributed by atoms with van der Waals surface area (Å²) in [5.74, 6) is -1.60. The first-order valence-corrected chi connectivity index (χ1v) is 4.77. The minimum absolute atomic E-state index is 0.711. The molecule has 0 N–H and O–H groups in total. The zero-order chi connectivity index (χ0) is 9.59. The lowest BCUT2D eigenvalue weighted by atomic mass is 10.2. The Morgan fingerprint density at radius 1 is 1.23 bits per heavy atom. The molecule has 2 rings (SSSR count). The number of rotatable bonds is 0. The standard InChI is InChI=1S/C9H6F2IN/c1-13-4-8(12)5-2-6(10)7(11)3-9(5)13/h2-4H,1H3. The highest BCUT2D eigenvalue weighted by Gasteiger charge is 2.09. The molecule has 0 radical (unpaired) electrons. The zero-order valence-electron chi connectivity index (χ0n) is 6.81. The summed E-state index contributed by atoms with van der Waals surface area (Å²) in [6, 6.07) is 2.44. The summed E-state index contributed by atoms with van der Waals surface area (Å²) < 4.78 is 28.4. The summed E-state index contributed by atoms with van der Waals surface area (Å²) in [7, 11) is 1.81. The highest BCUT2D eigenvalue weighted by Crippen LogP contribution is 2.24. The van der Waals surface area contributed by atoms with Crippen molar-refractivity contribution in [3.8, 4) is 0 Å². The molecule has 0 amide bonds. The average molecular weight is 293 g/mol. The molecule has 68 valence electrons. The molecule has 4 heteroatoms. The van der Waals surface area contributed by atoms with Crippen LogP contribution in [0, 0.1) is 15.2 Å². The van der Waals surface area contributed by atoms with Gasteiger partial charge >= 0.3 is 0 Å². The number of benzene rings is 1. The number of hydrogen-bond acceptors (Lipinski definition) is 0. The first-order chi connectivity index (χ1) is 6.09. The normalized spacial score (nSPS) is 11.1. The fourth-order valence-corrected chi connectivity index (χ4v) is 2.18. The lowest BCUT2D eigenvalue weighted by Gasteiger charge is -1.96. The predicted molar refractivity (Wildman–Crippen MR) is 55.6 cm³/mol. The Bertz CT molecular complexity index is 434. The van der Waals surface area contributed by atoms with Crippen LogP contribution in [0.25, 0.3) is 10.9 Å². The smallest absolute Gasteiger partial charge is 0.160 e. The van der Waals surface area contributed by atoms with Gasteiger partial charge in [0.2, 0.25) is 0 Å². The summed E-state index contributed by atoms with van der Waals surface area (Å²) in [5, 5.41) is 0.752. The Balaban J connectivity index is 2.91. The quantitative estimate of drug-likeness (QED) is 0.658. The van der Waals surface area contributed by atoms with E-state index in [1.807, 2.05) is 13.2 Å². The molecule has 0 unspecified atom stereocenters. The van der Waals surface area contributed by atoms with Gasteiger partial charge in [0.15, 0.2) is 11.6 Å². The van der Waals surface area contributed by atoms with Crippen LogP contribution < -0.4 is 0 Å². The first-order valence-electron chi connectivity index (χ1n) is 3.69. The van der Waals surface area contributed by atoms with E-state index < -0.39 is 11.6 Å². The summed E-state index contributed by atoms with van der Waals surface area (Å²) in [6.45, 7) is 0. The van der Waals surface area contributed by atoms with Crippen LogP contribution in [-0.2, 0) is 7.05 Å². The Morgan fingerprint density at radius 3 is 2.54 bits per heavy atom. The minimum atomic E-state index is -0.801. The number of hydrogen-bond donors (Lipinski definition) is 0. The van der Waals surface area contributed by atoms with Crippen molar-refractivity contribution in [3.63, 3.8) is 0 Å². The molecule has 1 aromatic carbocycles. The van der Waals surface area contributed by atoms with Gasteiger partial charge in [0.25, 0.3) is 0 Å². The summed E-state index contributed by atoms with van der Waals surface area (Å²) in [5.41, 5.74) is 0.711. The molecule has 0 saturated carbocycles. The van der Waals surface area contributed by atoms with Gasteiger partial charge in [-0.1, -0.05) is 0 Å². The molecule has 0 aliphatic carbocycles. The van der Waals surface area contributed by atoms with Crippen LogP contribution in [-0.4, -0.2) is 4.57 Å². The topological polar surface area (TPSA) is 4.93 Å².